The van der Waals surface area contributed by atoms with Crippen molar-refractivity contribution in [3.05, 3.63) is 29.3 Å². The van der Waals surface area contributed by atoms with E-state index in [1.54, 1.807) is 6.07 Å². The van der Waals surface area contributed by atoms with Crippen molar-refractivity contribution in [1.29, 1.82) is 0 Å². The molecule has 2 rings (SSSR count). The second kappa shape index (κ2) is 5.19. The van der Waals surface area contributed by atoms with Crippen LogP contribution in [0, 0.1) is 0 Å². The molecule has 0 fully saturated rings. The number of aliphatic hydroxyl groups is 1. The zero-order valence-electron chi connectivity index (χ0n) is 9.90. The topological polar surface area (TPSA) is 58.6 Å². The number of amides is 1. The van der Waals surface area contributed by atoms with Crippen LogP contribution in [-0.2, 0) is 11.2 Å². The van der Waals surface area contributed by atoms with Crippen molar-refractivity contribution >= 4 is 5.91 Å². The van der Waals surface area contributed by atoms with Gasteiger partial charge < -0.3 is 15.2 Å². The maximum atomic E-state index is 11.2. The number of carbonyl (C=O) groups is 1. The van der Waals surface area contributed by atoms with Crippen LogP contribution in [0.3, 0.4) is 0 Å². The van der Waals surface area contributed by atoms with E-state index in [4.69, 9.17) is 4.74 Å². The summed E-state index contributed by atoms with van der Waals surface area (Å²) in [4.78, 5) is 11.2. The quantitative estimate of drug-likeness (QED) is 0.824. The van der Waals surface area contributed by atoms with Crippen LogP contribution in [0.5, 0.6) is 5.75 Å². The highest BCUT2D eigenvalue weighted by atomic mass is 16.5. The van der Waals surface area contributed by atoms with Gasteiger partial charge in [0, 0.05) is 6.54 Å². The number of ether oxygens (including phenoxy) is 1. The number of nitrogens with one attached hydrogen (secondary N) is 1. The fraction of sp³-hybridized carbons (Fsp3) is 0.462. The normalized spacial score (nSPS) is 17.6. The summed E-state index contributed by atoms with van der Waals surface area (Å²) in [6.07, 6.45) is 1.30. The van der Waals surface area contributed by atoms with E-state index < -0.39 is 0 Å². The summed E-state index contributed by atoms with van der Waals surface area (Å²) in [5, 5.41) is 12.3. The average molecular weight is 235 g/mol. The molecule has 17 heavy (non-hydrogen) atoms. The van der Waals surface area contributed by atoms with Crippen LogP contribution in [0.2, 0.25) is 0 Å². The van der Waals surface area contributed by atoms with E-state index in [2.05, 4.69) is 5.32 Å². The van der Waals surface area contributed by atoms with Crippen LogP contribution in [0.25, 0.3) is 0 Å². The maximum Gasteiger partial charge on any atom is 0.257 e. The zero-order valence-corrected chi connectivity index (χ0v) is 9.90. The Morgan fingerprint density at radius 2 is 2.41 bits per heavy atom. The lowest BCUT2D eigenvalue weighted by Gasteiger charge is -2.08. The van der Waals surface area contributed by atoms with Crippen LogP contribution < -0.4 is 10.1 Å². The van der Waals surface area contributed by atoms with Crippen molar-refractivity contribution in [2.24, 2.45) is 0 Å². The lowest BCUT2D eigenvalue weighted by Crippen LogP contribution is -2.28. The van der Waals surface area contributed by atoms with E-state index in [1.807, 2.05) is 19.1 Å². The molecular formula is C13H17NO3. The first-order chi connectivity index (χ1) is 8.20. The molecule has 2 N–H and O–H groups in total. The Bertz CT molecular complexity index is 417. The molecule has 0 aliphatic heterocycles. The summed E-state index contributed by atoms with van der Waals surface area (Å²) < 4.78 is 5.39. The van der Waals surface area contributed by atoms with Gasteiger partial charge in [-0.25, -0.2) is 0 Å². The fourth-order valence-electron chi connectivity index (χ4n) is 2.06. The van der Waals surface area contributed by atoms with Crippen molar-refractivity contribution in [3.63, 3.8) is 0 Å². The molecule has 0 unspecified atom stereocenters. The monoisotopic (exact) mass is 235 g/mol. The smallest absolute Gasteiger partial charge is 0.257 e. The van der Waals surface area contributed by atoms with Gasteiger partial charge >= 0.3 is 0 Å². The Morgan fingerprint density at radius 1 is 1.59 bits per heavy atom. The molecule has 4 heteroatoms. The average Bonchev–Trinajstić information content (AvgIpc) is 2.69. The number of hydrogen-bond acceptors (Lipinski definition) is 3. The van der Waals surface area contributed by atoms with Crippen LogP contribution in [0.15, 0.2) is 18.2 Å². The van der Waals surface area contributed by atoms with Crippen LogP contribution in [0.4, 0.5) is 0 Å². The standard InChI is InChI=1S/C13H17NO3/c1-2-14-13(16)8-17-10-4-5-11-9(7-10)3-6-12(11)15/h4-5,7,12,15H,2-3,6,8H2,1H3,(H,14,16)/t12-/m1/s1. The predicted octanol–water partition coefficient (Wildman–Crippen LogP) is 1.18. The van der Waals surface area contributed by atoms with Gasteiger partial charge in [0.15, 0.2) is 6.61 Å². The van der Waals surface area contributed by atoms with Crippen LogP contribution >= 0.6 is 0 Å². The Labute approximate surface area is 101 Å². The largest absolute Gasteiger partial charge is 0.484 e. The highest BCUT2D eigenvalue weighted by molar-refractivity contribution is 5.77. The molecule has 0 bridgehead atoms. The minimum Gasteiger partial charge on any atom is -0.484 e. The molecule has 4 nitrogen and oxygen atoms in total. The van der Waals surface area contributed by atoms with Crippen molar-refractivity contribution in [2.45, 2.75) is 25.9 Å². The minimum atomic E-state index is -0.345. The summed E-state index contributed by atoms with van der Waals surface area (Å²) in [5.41, 5.74) is 2.10. The molecule has 1 aliphatic carbocycles. The summed E-state index contributed by atoms with van der Waals surface area (Å²) in [6, 6.07) is 5.58. The summed E-state index contributed by atoms with van der Waals surface area (Å²) in [5.74, 6) is 0.567. The molecule has 0 saturated carbocycles. The lowest BCUT2D eigenvalue weighted by atomic mass is 10.1. The highest BCUT2D eigenvalue weighted by Crippen LogP contribution is 2.33. The molecular weight excluding hydrogens is 218 g/mol. The molecule has 0 spiro atoms. The number of aliphatic hydroxyl groups excluding tert-OH is 1. The minimum absolute atomic E-state index is 0.0369. The molecule has 0 heterocycles. The lowest BCUT2D eigenvalue weighted by molar-refractivity contribution is -0.122. The van der Waals surface area contributed by atoms with E-state index in [1.165, 1.54) is 0 Å². The molecule has 0 aromatic heterocycles. The Morgan fingerprint density at radius 3 is 3.18 bits per heavy atom. The number of benzene rings is 1. The SMILES string of the molecule is CCNC(=O)COc1ccc2c(c1)CC[C@H]2O. The number of rotatable bonds is 4. The van der Waals surface area contributed by atoms with Gasteiger partial charge in [-0.05, 0) is 43.0 Å². The predicted molar refractivity (Wildman–Crippen MR) is 63.9 cm³/mol. The van der Waals surface area contributed by atoms with Gasteiger partial charge in [-0.3, -0.25) is 4.79 Å². The van der Waals surface area contributed by atoms with Gasteiger partial charge in [0.2, 0.25) is 0 Å². The summed E-state index contributed by atoms with van der Waals surface area (Å²) in [7, 11) is 0. The molecule has 1 aromatic rings. The van der Waals surface area contributed by atoms with E-state index in [0.29, 0.717) is 12.3 Å². The van der Waals surface area contributed by atoms with Crippen LogP contribution in [0.1, 0.15) is 30.6 Å². The van der Waals surface area contributed by atoms with E-state index in [0.717, 1.165) is 24.0 Å². The fourth-order valence-corrected chi connectivity index (χ4v) is 2.06. The molecule has 1 aromatic carbocycles. The molecule has 1 aliphatic rings. The van der Waals surface area contributed by atoms with Crippen molar-refractivity contribution < 1.29 is 14.6 Å². The first-order valence-corrected chi connectivity index (χ1v) is 5.91. The van der Waals surface area contributed by atoms with Crippen LogP contribution in [-0.4, -0.2) is 24.2 Å². The van der Waals surface area contributed by atoms with Crippen molar-refractivity contribution in [2.75, 3.05) is 13.2 Å². The van der Waals surface area contributed by atoms with E-state index in [-0.39, 0.29) is 18.6 Å². The summed E-state index contributed by atoms with van der Waals surface area (Å²) >= 11 is 0. The number of carbonyl (C=O) groups excluding carboxylic acids is 1. The van der Waals surface area contributed by atoms with Crippen molar-refractivity contribution in [3.8, 4) is 5.75 Å². The molecule has 1 amide bonds. The summed E-state index contributed by atoms with van der Waals surface area (Å²) in [6.45, 7) is 2.52. The number of aryl methyl sites for hydroxylation is 1. The van der Waals surface area contributed by atoms with Gasteiger partial charge in [-0.2, -0.15) is 0 Å². The maximum absolute atomic E-state index is 11.2. The molecule has 92 valence electrons. The zero-order chi connectivity index (χ0) is 12.3. The van der Waals surface area contributed by atoms with E-state index >= 15 is 0 Å². The third kappa shape index (κ3) is 2.77. The second-order valence-corrected chi connectivity index (χ2v) is 4.16. The van der Waals surface area contributed by atoms with Gasteiger partial charge in [-0.15, -0.1) is 0 Å². The number of fused-ring (bicyclic) bond motifs is 1. The Balaban J connectivity index is 1.97. The molecule has 0 radical (unpaired) electrons. The van der Waals surface area contributed by atoms with E-state index in [9.17, 15) is 9.90 Å². The van der Waals surface area contributed by atoms with Gasteiger partial charge in [0.05, 0.1) is 6.10 Å². The van der Waals surface area contributed by atoms with Gasteiger partial charge in [0.25, 0.3) is 5.91 Å². The third-order valence-corrected chi connectivity index (χ3v) is 2.90. The second-order valence-electron chi connectivity index (χ2n) is 4.16. The van der Waals surface area contributed by atoms with Gasteiger partial charge in [-0.1, -0.05) is 6.07 Å². The highest BCUT2D eigenvalue weighted by Gasteiger charge is 2.20. The van der Waals surface area contributed by atoms with Crippen molar-refractivity contribution in [1.82, 2.24) is 5.32 Å². The first-order valence-electron chi connectivity index (χ1n) is 5.91. The first kappa shape index (κ1) is 11.9. The number of likely N-dealkylation sites (N-methyl/N-ethyl adjacent to an activating group) is 1. The molecule has 1 atom stereocenters. The third-order valence-electron chi connectivity index (χ3n) is 2.90. The Hall–Kier alpha value is -1.55. The number of hydrogen-bond donors (Lipinski definition) is 2. The Kier molecular flexibility index (Phi) is 3.64. The van der Waals surface area contributed by atoms with Gasteiger partial charge in [0.1, 0.15) is 5.75 Å². The molecule has 0 saturated heterocycles.